The fourth-order valence-corrected chi connectivity index (χ4v) is 2.71. The van der Waals surface area contributed by atoms with E-state index in [1.165, 1.54) is 12.1 Å². The zero-order chi connectivity index (χ0) is 16.0. The Labute approximate surface area is 126 Å². The molecule has 0 aliphatic heterocycles. The summed E-state index contributed by atoms with van der Waals surface area (Å²) in [5.41, 5.74) is 0.00176. The Morgan fingerprint density at radius 1 is 1.05 bits per heavy atom. The molecule has 118 valence electrons. The number of hydrogen-bond acceptors (Lipinski definition) is 5. The molecule has 0 amide bonds. The molecule has 5 nitrogen and oxygen atoms in total. The normalized spacial score (nSPS) is 11.9. The van der Waals surface area contributed by atoms with Crippen LogP contribution < -0.4 is 0 Å². The van der Waals surface area contributed by atoms with Gasteiger partial charge in [0, 0.05) is 0 Å². The molecular weight excluding hydrogens is 292 g/mol. The second-order valence-corrected chi connectivity index (χ2v) is 7.20. The highest BCUT2D eigenvalue weighted by Gasteiger charge is 2.24. The number of benzene rings is 1. The number of rotatable bonds is 7. The minimum atomic E-state index is -3.97. The van der Waals surface area contributed by atoms with Crippen molar-refractivity contribution in [2.75, 3.05) is 13.2 Å². The Morgan fingerprint density at radius 2 is 1.62 bits per heavy atom. The predicted octanol–water partition coefficient (Wildman–Crippen LogP) is 2.86. The lowest BCUT2D eigenvalue weighted by molar-refractivity contribution is 0.0454. The summed E-state index contributed by atoms with van der Waals surface area (Å²) in [6.07, 6.45) is 0. The number of esters is 1. The molecule has 0 spiro atoms. The van der Waals surface area contributed by atoms with Crippen molar-refractivity contribution in [2.24, 2.45) is 11.8 Å². The summed E-state index contributed by atoms with van der Waals surface area (Å²) in [6, 6.07) is 5.91. The second kappa shape index (κ2) is 7.56. The smallest absolute Gasteiger partial charge is 0.339 e. The second-order valence-electron chi connectivity index (χ2n) is 5.62. The van der Waals surface area contributed by atoms with Gasteiger partial charge in [0.1, 0.15) is 4.90 Å². The molecule has 0 radical (unpaired) electrons. The highest BCUT2D eigenvalue weighted by molar-refractivity contribution is 7.86. The maximum atomic E-state index is 12.2. The van der Waals surface area contributed by atoms with Gasteiger partial charge in [-0.2, -0.15) is 8.42 Å². The Balaban J connectivity index is 3.01. The minimum Gasteiger partial charge on any atom is -0.462 e. The van der Waals surface area contributed by atoms with Gasteiger partial charge < -0.3 is 4.74 Å². The molecule has 1 aromatic carbocycles. The van der Waals surface area contributed by atoms with E-state index in [0.717, 1.165) is 0 Å². The quantitative estimate of drug-likeness (QED) is 0.572. The van der Waals surface area contributed by atoms with Crippen molar-refractivity contribution in [1.82, 2.24) is 0 Å². The van der Waals surface area contributed by atoms with E-state index in [1.54, 1.807) is 12.1 Å². The van der Waals surface area contributed by atoms with E-state index in [-0.39, 0.29) is 35.5 Å². The highest BCUT2D eigenvalue weighted by Crippen LogP contribution is 2.20. The Hall–Kier alpha value is -1.40. The van der Waals surface area contributed by atoms with Crippen LogP contribution in [0.5, 0.6) is 0 Å². The van der Waals surface area contributed by atoms with Crippen LogP contribution in [0.15, 0.2) is 29.2 Å². The summed E-state index contributed by atoms with van der Waals surface area (Å²) in [4.78, 5) is 11.9. The zero-order valence-electron chi connectivity index (χ0n) is 12.8. The average molecular weight is 314 g/mol. The van der Waals surface area contributed by atoms with Crippen LogP contribution in [0.1, 0.15) is 38.1 Å². The molecule has 1 rings (SSSR count). The first-order valence-corrected chi connectivity index (χ1v) is 8.30. The molecular formula is C15H22O5S. The summed E-state index contributed by atoms with van der Waals surface area (Å²) >= 11 is 0. The lowest BCUT2D eigenvalue weighted by atomic mass is 10.2. The first-order valence-electron chi connectivity index (χ1n) is 6.89. The fraction of sp³-hybridized carbons (Fsp3) is 0.533. The zero-order valence-corrected chi connectivity index (χ0v) is 13.6. The predicted molar refractivity (Wildman–Crippen MR) is 79.5 cm³/mol. The van der Waals surface area contributed by atoms with Crippen molar-refractivity contribution < 1.29 is 22.1 Å². The molecule has 21 heavy (non-hydrogen) atoms. The van der Waals surface area contributed by atoms with Crippen LogP contribution in [0, 0.1) is 11.8 Å². The van der Waals surface area contributed by atoms with Gasteiger partial charge >= 0.3 is 5.97 Å². The highest BCUT2D eigenvalue weighted by atomic mass is 32.2. The lowest BCUT2D eigenvalue weighted by Gasteiger charge is -2.12. The van der Waals surface area contributed by atoms with E-state index in [2.05, 4.69) is 0 Å². The Bertz CT molecular complexity index is 575. The Kier molecular flexibility index (Phi) is 6.36. The van der Waals surface area contributed by atoms with Gasteiger partial charge in [0.25, 0.3) is 10.1 Å². The van der Waals surface area contributed by atoms with Crippen molar-refractivity contribution in [1.29, 1.82) is 0 Å². The van der Waals surface area contributed by atoms with E-state index in [0.29, 0.717) is 0 Å². The lowest BCUT2D eigenvalue weighted by Crippen LogP contribution is -2.17. The van der Waals surface area contributed by atoms with E-state index >= 15 is 0 Å². The molecule has 0 aliphatic rings. The van der Waals surface area contributed by atoms with Gasteiger partial charge in [-0.25, -0.2) is 4.79 Å². The van der Waals surface area contributed by atoms with E-state index in [4.69, 9.17) is 8.92 Å². The van der Waals surface area contributed by atoms with Gasteiger partial charge in [-0.1, -0.05) is 39.8 Å². The van der Waals surface area contributed by atoms with Gasteiger partial charge in [0.15, 0.2) is 0 Å². The molecule has 0 atom stereocenters. The van der Waals surface area contributed by atoms with Gasteiger partial charge in [-0.05, 0) is 24.0 Å². The van der Waals surface area contributed by atoms with Crippen LogP contribution in [0.4, 0.5) is 0 Å². The molecule has 0 bridgehead atoms. The first-order chi connectivity index (χ1) is 9.74. The van der Waals surface area contributed by atoms with Crippen molar-refractivity contribution in [2.45, 2.75) is 32.6 Å². The maximum absolute atomic E-state index is 12.2. The van der Waals surface area contributed by atoms with Crippen molar-refractivity contribution in [3.05, 3.63) is 29.8 Å². The molecule has 0 N–H and O–H groups in total. The standard InChI is InChI=1S/C15H22O5S/c1-11(2)9-19-15(16)13-7-5-6-8-14(13)21(17,18)20-10-12(3)4/h5-8,11-12H,9-10H2,1-4H3. The van der Waals surface area contributed by atoms with Crippen molar-refractivity contribution >= 4 is 16.1 Å². The van der Waals surface area contributed by atoms with Crippen LogP contribution in [0.2, 0.25) is 0 Å². The van der Waals surface area contributed by atoms with Crippen molar-refractivity contribution in [3.8, 4) is 0 Å². The number of carbonyl (C=O) groups excluding carboxylic acids is 1. The van der Waals surface area contributed by atoms with E-state index in [1.807, 2.05) is 27.7 Å². The molecule has 0 unspecified atom stereocenters. The average Bonchev–Trinajstić information content (AvgIpc) is 2.42. The van der Waals surface area contributed by atoms with Crippen LogP contribution >= 0.6 is 0 Å². The molecule has 0 saturated heterocycles. The Morgan fingerprint density at radius 3 is 2.19 bits per heavy atom. The molecule has 6 heteroatoms. The number of hydrogen-bond donors (Lipinski definition) is 0. The van der Waals surface area contributed by atoms with Gasteiger partial charge in [-0.3, -0.25) is 4.18 Å². The summed E-state index contributed by atoms with van der Waals surface area (Å²) < 4.78 is 34.4. The number of ether oxygens (including phenoxy) is 1. The van der Waals surface area contributed by atoms with E-state index in [9.17, 15) is 13.2 Å². The number of carbonyl (C=O) groups is 1. The third kappa shape index (κ3) is 5.47. The largest absolute Gasteiger partial charge is 0.462 e. The third-order valence-corrected chi connectivity index (χ3v) is 3.82. The maximum Gasteiger partial charge on any atom is 0.339 e. The monoisotopic (exact) mass is 314 g/mol. The van der Waals surface area contributed by atoms with E-state index < -0.39 is 16.1 Å². The summed E-state index contributed by atoms with van der Waals surface area (Å²) in [5, 5.41) is 0. The SMILES string of the molecule is CC(C)COC(=O)c1ccccc1S(=O)(=O)OCC(C)C. The van der Waals surface area contributed by atoms with Gasteiger partial charge in [0.2, 0.25) is 0 Å². The van der Waals surface area contributed by atoms with Crippen LogP contribution in [0.25, 0.3) is 0 Å². The summed E-state index contributed by atoms with van der Waals surface area (Å²) in [5.74, 6) is -0.411. The summed E-state index contributed by atoms with van der Waals surface area (Å²) in [6.45, 7) is 7.80. The molecule has 0 aromatic heterocycles. The topological polar surface area (TPSA) is 69.7 Å². The van der Waals surface area contributed by atoms with Crippen molar-refractivity contribution in [3.63, 3.8) is 0 Å². The molecule has 0 heterocycles. The van der Waals surface area contributed by atoms with Gasteiger partial charge in [-0.15, -0.1) is 0 Å². The molecule has 0 fully saturated rings. The minimum absolute atomic E-state index is 0.00176. The summed E-state index contributed by atoms with van der Waals surface area (Å²) in [7, 11) is -3.97. The van der Waals surface area contributed by atoms with Crippen LogP contribution in [-0.2, 0) is 19.0 Å². The van der Waals surface area contributed by atoms with Crippen LogP contribution in [0.3, 0.4) is 0 Å². The third-order valence-electron chi connectivity index (χ3n) is 2.48. The molecule has 0 aliphatic carbocycles. The molecule has 1 aromatic rings. The molecule has 0 saturated carbocycles. The van der Waals surface area contributed by atoms with Crippen LogP contribution in [-0.4, -0.2) is 27.6 Å². The first kappa shape index (κ1) is 17.7. The fourth-order valence-electron chi connectivity index (χ4n) is 1.46. The van der Waals surface area contributed by atoms with Gasteiger partial charge in [0.05, 0.1) is 18.8 Å².